The van der Waals surface area contributed by atoms with E-state index in [-0.39, 0.29) is 5.91 Å². The standard InChI is InChI=1S/C25H19ClN6OS/c26-19-5-1-2-6-21(19)32-25(33)17-4-3-11-28-24(17)29-13-16-8-10-22(34-16)15-7-9-20-18(12-15)23(27)31-14-30-20/h1-12,14H,13H2,(H,28,29)(H,32,33)(H2,27,30,31). The van der Waals surface area contributed by atoms with Crippen molar-refractivity contribution in [1.82, 2.24) is 15.0 Å². The molecule has 0 fully saturated rings. The predicted molar refractivity (Wildman–Crippen MR) is 138 cm³/mol. The number of halogens is 1. The molecule has 5 rings (SSSR count). The Bertz CT molecular complexity index is 1500. The van der Waals surface area contributed by atoms with Crippen molar-refractivity contribution in [1.29, 1.82) is 0 Å². The molecule has 3 heterocycles. The maximum Gasteiger partial charge on any atom is 0.259 e. The van der Waals surface area contributed by atoms with Gasteiger partial charge in [-0.05, 0) is 54.1 Å². The molecule has 7 nitrogen and oxygen atoms in total. The first kappa shape index (κ1) is 21.8. The lowest BCUT2D eigenvalue weighted by Gasteiger charge is -2.11. The Hall–Kier alpha value is -4.01. The molecular formula is C25H19ClN6OS. The number of aromatic nitrogens is 3. The van der Waals surface area contributed by atoms with Gasteiger partial charge in [-0.1, -0.05) is 29.8 Å². The van der Waals surface area contributed by atoms with Gasteiger partial charge in [-0.25, -0.2) is 15.0 Å². The molecule has 9 heteroatoms. The van der Waals surface area contributed by atoms with Crippen LogP contribution in [0.3, 0.4) is 0 Å². The summed E-state index contributed by atoms with van der Waals surface area (Å²) in [7, 11) is 0. The number of nitrogens with one attached hydrogen (secondary N) is 2. The summed E-state index contributed by atoms with van der Waals surface area (Å²) in [6.07, 6.45) is 3.11. The lowest BCUT2D eigenvalue weighted by Crippen LogP contribution is -2.15. The summed E-state index contributed by atoms with van der Waals surface area (Å²) < 4.78 is 0. The zero-order chi connectivity index (χ0) is 23.5. The van der Waals surface area contributed by atoms with Gasteiger partial charge in [-0.15, -0.1) is 11.3 Å². The Balaban J connectivity index is 1.32. The second-order valence-electron chi connectivity index (χ2n) is 7.44. The molecule has 0 aliphatic heterocycles. The van der Waals surface area contributed by atoms with Crippen molar-refractivity contribution in [3.05, 3.63) is 94.7 Å². The largest absolute Gasteiger partial charge is 0.383 e. The first-order valence-electron chi connectivity index (χ1n) is 10.4. The van der Waals surface area contributed by atoms with Crippen LogP contribution in [0.2, 0.25) is 5.02 Å². The van der Waals surface area contributed by atoms with E-state index < -0.39 is 0 Å². The molecule has 0 aliphatic carbocycles. The number of fused-ring (bicyclic) bond motifs is 1. The number of rotatable bonds is 6. The van der Waals surface area contributed by atoms with Gasteiger partial charge in [0, 0.05) is 21.3 Å². The number of carbonyl (C=O) groups is 1. The van der Waals surface area contributed by atoms with E-state index in [4.69, 9.17) is 17.3 Å². The van der Waals surface area contributed by atoms with Crippen LogP contribution in [0.25, 0.3) is 21.3 Å². The number of anilines is 3. The monoisotopic (exact) mass is 486 g/mol. The highest BCUT2D eigenvalue weighted by Crippen LogP contribution is 2.31. The lowest BCUT2D eigenvalue weighted by atomic mass is 10.1. The first-order valence-corrected chi connectivity index (χ1v) is 11.6. The van der Waals surface area contributed by atoms with E-state index in [2.05, 4.69) is 37.7 Å². The van der Waals surface area contributed by atoms with Gasteiger partial charge in [0.05, 0.1) is 28.3 Å². The fourth-order valence-corrected chi connectivity index (χ4v) is 4.64. The molecule has 0 saturated heterocycles. The van der Waals surface area contributed by atoms with Gasteiger partial charge in [0.25, 0.3) is 5.91 Å². The number of carbonyl (C=O) groups excluding carboxylic acids is 1. The lowest BCUT2D eigenvalue weighted by molar-refractivity contribution is 0.102. The Kier molecular flexibility index (Phi) is 6.07. The maximum atomic E-state index is 12.9. The minimum absolute atomic E-state index is 0.286. The number of thiophene rings is 1. The van der Waals surface area contributed by atoms with Crippen molar-refractivity contribution in [2.45, 2.75) is 6.54 Å². The Morgan fingerprint density at radius 3 is 2.76 bits per heavy atom. The number of hydrogen-bond acceptors (Lipinski definition) is 7. The predicted octanol–water partition coefficient (Wildman–Crippen LogP) is 5.85. The van der Waals surface area contributed by atoms with Gasteiger partial charge in [0.1, 0.15) is 18.0 Å². The highest BCUT2D eigenvalue weighted by atomic mass is 35.5. The molecule has 34 heavy (non-hydrogen) atoms. The molecule has 0 spiro atoms. The number of pyridine rings is 1. The van der Waals surface area contributed by atoms with Gasteiger partial charge < -0.3 is 16.4 Å². The van der Waals surface area contributed by atoms with Crippen LogP contribution in [-0.2, 0) is 6.54 Å². The molecule has 0 saturated carbocycles. The normalized spacial score (nSPS) is 10.9. The third-order valence-corrected chi connectivity index (χ3v) is 6.68. The third-order valence-electron chi connectivity index (χ3n) is 5.22. The Labute approximate surface area is 204 Å². The van der Waals surface area contributed by atoms with Gasteiger partial charge >= 0.3 is 0 Å². The first-order chi connectivity index (χ1) is 16.6. The average Bonchev–Trinajstić information content (AvgIpc) is 3.33. The third kappa shape index (κ3) is 4.54. The topological polar surface area (TPSA) is 106 Å². The van der Waals surface area contributed by atoms with E-state index in [1.54, 1.807) is 41.8 Å². The molecule has 1 amide bonds. The van der Waals surface area contributed by atoms with Crippen molar-refractivity contribution in [3.8, 4) is 10.4 Å². The number of nitrogens with two attached hydrogens (primary N) is 1. The summed E-state index contributed by atoms with van der Waals surface area (Å²) in [6.45, 7) is 0.521. The molecule has 0 bridgehead atoms. The van der Waals surface area contributed by atoms with Crippen molar-refractivity contribution >= 4 is 57.1 Å². The molecule has 4 N–H and O–H groups in total. The summed E-state index contributed by atoms with van der Waals surface area (Å²) in [5.41, 5.74) is 8.85. The van der Waals surface area contributed by atoms with Crippen LogP contribution in [-0.4, -0.2) is 20.9 Å². The van der Waals surface area contributed by atoms with Crippen molar-refractivity contribution < 1.29 is 4.79 Å². The SMILES string of the molecule is Nc1ncnc2ccc(-c3ccc(CNc4ncccc4C(=O)Nc4ccccc4Cl)s3)cc12. The Morgan fingerprint density at radius 2 is 1.88 bits per heavy atom. The van der Waals surface area contributed by atoms with Gasteiger partial charge in [-0.2, -0.15) is 0 Å². The fourth-order valence-electron chi connectivity index (χ4n) is 3.51. The van der Waals surface area contributed by atoms with E-state index >= 15 is 0 Å². The number of benzene rings is 2. The van der Waals surface area contributed by atoms with Crippen LogP contribution in [0, 0.1) is 0 Å². The van der Waals surface area contributed by atoms with E-state index in [1.165, 1.54) is 6.33 Å². The minimum atomic E-state index is -0.286. The second kappa shape index (κ2) is 9.46. The summed E-state index contributed by atoms with van der Waals surface area (Å²) in [4.78, 5) is 27.7. The smallest absolute Gasteiger partial charge is 0.259 e. The van der Waals surface area contributed by atoms with Crippen LogP contribution < -0.4 is 16.4 Å². The highest BCUT2D eigenvalue weighted by Gasteiger charge is 2.14. The molecule has 2 aromatic carbocycles. The van der Waals surface area contributed by atoms with E-state index in [0.717, 1.165) is 26.2 Å². The summed E-state index contributed by atoms with van der Waals surface area (Å²) in [6, 6.07) is 20.6. The number of nitrogen functional groups attached to an aromatic ring is 1. The molecule has 168 valence electrons. The van der Waals surface area contributed by atoms with Crippen LogP contribution in [0.15, 0.2) is 79.3 Å². The maximum absolute atomic E-state index is 12.9. The Morgan fingerprint density at radius 1 is 1.00 bits per heavy atom. The quantitative estimate of drug-likeness (QED) is 0.278. The summed E-state index contributed by atoms with van der Waals surface area (Å²) in [5, 5.41) is 7.42. The molecule has 0 aliphatic rings. The van der Waals surface area contributed by atoms with Crippen molar-refractivity contribution in [3.63, 3.8) is 0 Å². The molecule has 0 radical (unpaired) electrons. The van der Waals surface area contributed by atoms with Crippen LogP contribution >= 0.6 is 22.9 Å². The molecular weight excluding hydrogens is 468 g/mol. The number of para-hydroxylation sites is 1. The van der Waals surface area contributed by atoms with E-state index in [9.17, 15) is 4.79 Å². The molecule has 5 aromatic rings. The highest BCUT2D eigenvalue weighted by molar-refractivity contribution is 7.15. The van der Waals surface area contributed by atoms with Crippen molar-refractivity contribution in [2.75, 3.05) is 16.4 Å². The van der Waals surface area contributed by atoms with Crippen molar-refractivity contribution in [2.24, 2.45) is 0 Å². The van der Waals surface area contributed by atoms with E-state index in [1.807, 2.05) is 30.3 Å². The van der Waals surface area contributed by atoms with Gasteiger partial charge in [0.15, 0.2) is 0 Å². The zero-order valence-corrected chi connectivity index (χ0v) is 19.4. The second-order valence-corrected chi connectivity index (χ2v) is 9.02. The van der Waals surface area contributed by atoms with E-state index in [0.29, 0.717) is 34.5 Å². The van der Waals surface area contributed by atoms with Crippen LogP contribution in [0.5, 0.6) is 0 Å². The van der Waals surface area contributed by atoms with Crippen LogP contribution in [0.4, 0.5) is 17.3 Å². The number of hydrogen-bond donors (Lipinski definition) is 3. The molecule has 0 unspecified atom stereocenters. The zero-order valence-electron chi connectivity index (χ0n) is 17.8. The van der Waals surface area contributed by atoms with Crippen LogP contribution in [0.1, 0.15) is 15.2 Å². The molecule has 3 aromatic heterocycles. The van der Waals surface area contributed by atoms with Gasteiger partial charge in [-0.3, -0.25) is 4.79 Å². The average molecular weight is 487 g/mol. The molecule has 0 atom stereocenters. The minimum Gasteiger partial charge on any atom is -0.383 e. The summed E-state index contributed by atoms with van der Waals surface area (Å²) in [5.74, 6) is 0.673. The number of nitrogens with zero attached hydrogens (tertiary/aromatic N) is 3. The number of amides is 1. The fraction of sp³-hybridized carbons (Fsp3) is 0.0400. The van der Waals surface area contributed by atoms with Gasteiger partial charge in [0.2, 0.25) is 0 Å². The summed E-state index contributed by atoms with van der Waals surface area (Å²) >= 11 is 7.82.